The average Bonchev–Trinajstić information content (AvgIpc) is 2.89. The number of halogens is 4. The number of benzene rings is 1. The van der Waals surface area contributed by atoms with E-state index in [9.17, 15) is 21.6 Å². The van der Waals surface area contributed by atoms with Crippen LogP contribution in [0.5, 0.6) is 5.75 Å². The zero-order valence-corrected chi connectivity index (χ0v) is 16.2. The van der Waals surface area contributed by atoms with Crippen molar-refractivity contribution in [3.8, 4) is 5.75 Å². The predicted molar refractivity (Wildman–Crippen MR) is 97.0 cm³/mol. The van der Waals surface area contributed by atoms with Gasteiger partial charge in [0.05, 0.1) is 12.8 Å². The standard InChI is InChI=1S/C16H13BrF3N3O3S/c1-27(24,25)23(15-14(17)22-9-3-2-4-13(22)21-15)10-11-5-7-12(8-6-11)26-16(18,19)20/h2-9H,10H2,1H3. The summed E-state index contributed by atoms with van der Waals surface area (Å²) >= 11 is 3.35. The molecule has 0 fully saturated rings. The molecule has 0 atom stereocenters. The molecule has 1 aromatic carbocycles. The van der Waals surface area contributed by atoms with Crippen LogP contribution >= 0.6 is 15.9 Å². The Kier molecular flexibility index (Phi) is 5.08. The molecular formula is C16H13BrF3N3O3S. The summed E-state index contributed by atoms with van der Waals surface area (Å²) in [5.74, 6) is -0.203. The molecule has 0 saturated carbocycles. The summed E-state index contributed by atoms with van der Waals surface area (Å²) in [4.78, 5) is 4.33. The Hall–Kier alpha value is -2.27. The van der Waals surface area contributed by atoms with Crippen LogP contribution in [0.4, 0.5) is 19.0 Å². The second-order valence-corrected chi connectivity index (χ2v) is 8.27. The maximum atomic E-state index is 12.3. The first-order valence-corrected chi connectivity index (χ1v) is 10.1. The van der Waals surface area contributed by atoms with Crippen LogP contribution in [0.3, 0.4) is 0 Å². The molecule has 0 radical (unpaired) electrons. The van der Waals surface area contributed by atoms with Crippen molar-refractivity contribution in [2.75, 3.05) is 10.6 Å². The molecule has 3 rings (SSSR count). The molecule has 0 aliphatic heterocycles. The van der Waals surface area contributed by atoms with Crippen LogP contribution in [0.2, 0.25) is 0 Å². The number of sulfonamides is 1. The highest BCUT2D eigenvalue weighted by Gasteiger charge is 2.31. The van der Waals surface area contributed by atoms with Crippen molar-refractivity contribution in [2.24, 2.45) is 0 Å². The van der Waals surface area contributed by atoms with Crippen LogP contribution in [-0.2, 0) is 16.6 Å². The lowest BCUT2D eigenvalue weighted by Crippen LogP contribution is -2.30. The molecule has 0 aliphatic rings. The lowest BCUT2D eigenvalue weighted by Gasteiger charge is -2.20. The van der Waals surface area contributed by atoms with Gasteiger partial charge in [-0.3, -0.25) is 4.40 Å². The maximum Gasteiger partial charge on any atom is 0.573 e. The molecule has 0 N–H and O–H groups in total. The third kappa shape index (κ3) is 4.53. The van der Waals surface area contributed by atoms with Gasteiger partial charge in [0, 0.05) is 6.20 Å². The summed E-state index contributed by atoms with van der Waals surface area (Å²) in [6.07, 6.45) is -2.04. The van der Waals surface area contributed by atoms with E-state index < -0.39 is 16.4 Å². The molecule has 0 unspecified atom stereocenters. The predicted octanol–water partition coefficient (Wildman–Crippen LogP) is 3.96. The van der Waals surface area contributed by atoms with Gasteiger partial charge >= 0.3 is 6.36 Å². The topological polar surface area (TPSA) is 63.9 Å². The number of hydrogen-bond donors (Lipinski definition) is 0. The van der Waals surface area contributed by atoms with Gasteiger partial charge in [0.25, 0.3) is 0 Å². The van der Waals surface area contributed by atoms with Gasteiger partial charge < -0.3 is 4.74 Å². The number of aromatic nitrogens is 2. The molecule has 2 aromatic heterocycles. The summed E-state index contributed by atoms with van der Waals surface area (Å²) in [6.45, 7) is -0.104. The van der Waals surface area contributed by atoms with Crippen LogP contribution in [0.1, 0.15) is 5.56 Å². The second-order valence-electron chi connectivity index (χ2n) is 5.62. The van der Waals surface area contributed by atoms with Crippen LogP contribution in [0.25, 0.3) is 5.65 Å². The Morgan fingerprint density at radius 2 is 1.85 bits per heavy atom. The van der Waals surface area contributed by atoms with Gasteiger partial charge in [-0.15, -0.1) is 13.2 Å². The Morgan fingerprint density at radius 3 is 2.41 bits per heavy atom. The summed E-state index contributed by atoms with van der Waals surface area (Å²) < 4.78 is 68.4. The molecule has 0 bridgehead atoms. The van der Waals surface area contributed by atoms with Crippen molar-refractivity contribution in [1.82, 2.24) is 9.38 Å². The van der Waals surface area contributed by atoms with Gasteiger partial charge in [-0.1, -0.05) is 18.2 Å². The molecule has 3 aromatic rings. The fraction of sp³-hybridized carbons (Fsp3) is 0.188. The number of nitrogens with zero attached hydrogens (tertiary/aromatic N) is 3. The van der Waals surface area contributed by atoms with E-state index in [1.54, 1.807) is 28.8 Å². The Balaban J connectivity index is 1.94. The number of anilines is 1. The van der Waals surface area contributed by atoms with E-state index >= 15 is 0 Å². The summed E-state index contributed by atoms with van der Waals surface area (Å²) in [5.41, 5.74) is 1.01. The van der Waals surface area contributed by atoms with Gasteiger partial charge in [0.2, 0.25) is 10.0 Å². The normalized spacial score (nSPS) is 12.3. The molecule has 144 valence electrons. The van der Waals surface area contributed by atoms with Crippen LogP contribution < -0.4 is 9.04 Å². The molecule has 0 spiro atoms. The summed E-state index contributed by atoms with van der Waals surface area (Å²) in [7, 11) is -3.71. The van der Waals surface area contributed by atoms with E-state index in [-0.39, 0.29) is 18.1 Å². The van der Waals surface area contributed by atoms with Crippen molar-refractivity contribution < 1.29 is 26.3 Å². The molecule has 11 heteroatoms. The van der Waals surface area contributed by atoms with Crippen molar-refractivity contribution >= 4 is 37.4 Å². The third-order valence-corrected chi connectivity index (χ3v) is 5.41. The van der Waals surface area contributed by atoms with Gasteiger partial charge in [0.1, 0.15) is 16.0 Å². The number of fused-ring (bicyclic) bond motifs is 1. The SMILES string of the molecule is CS(=O)(=O)N(Cc1ccc(OC(F)(F)F)cc1)c1nc2ccccn2c1Br. The number of hydrogen-bond acceptors (Lipinski definition) is 4. The monoisotopic (exact) mass is 463 g/mol. The Morgan fingerprint density at radius 1 is 1.19 bits per heavy atom. The Bertz CT molecular complexity index is 1070. The minimum atomic E-state index is -4.79. The van der Waals surface area contributed by atoms with Crippen LogP contribution in [-0.4, -0.2) is 30.4 Å². The quantitative estimate of drug-likeness (QED) is 0.574. The molecule has 0 saturated heterocycles. The maximum absolute atomic E-state index is 12.3. The molecule has 2 heterocycles. The van der Waals surface area contributed by atoms with E-state index in [0.29, 0.717) is 15.8 Å². The summed E-state index contributed by atoms with van der Waals surface area (Å²) in [6, 6.07) is 10.2. The largest absolute Gasteiger partial charge is 0.573 e. The first-order chi connectivity index (χ1) is 12.5. The highest BCUT2D eigenvalue weighted by Crippen LogP contribution is 2.30. The minimum Gasteiger partial charge on any atom is -0.406 e. The third-order valence-electron chi connectivity index (χ3n) is 3.57. The number of alkyl halides is 3. The fourth-order valence-electron chi connectivity index (χ4n) is 2.42. The number of pyridine rings is 1. The van der Waals surface area contributed by atoms with Crippen molar-refractivity contribution in [3.05, 3.63) is 58.8 Å². The molecule has 0 amide bonds. The van der Waals surface area contributed by atoms with E-state index in [0.717, 1.165) is 22.7 Å². The van der Waals surface area contributed by atoms with E-state index in [1.165, 1.54) is 12.1 Å². The first kappa shape index (κ1) is 19.5. The highest BCUT2D eigenvalue weighted by atomic mass is 79.9. The average molecular weight is 464 g/mol. The Labute approximate surface area is 161 Å². The lowest BCUT2D eigenvalue weighted by atomic mass is 10.2. The van der Waals surface area contributed by atoms with E-state index in [2.05, 4.69) is 25.7 Å². The lowest BCUT2D eigenvalue weighted by molar-refractivity contribution is -0.274. The number of imidazole rings is 1. The van der Waals surface area contributed by atoms with Gasteiger partial charge in [-0.2, -0.15) is 0 Å². The molecular weight excluding hydrogens is 451 g/mol. The summed E-state index contributed by atoms with van der Waals surface area (Å²) in [5, 5.41) is 0. The van der Waals surface area contributed by atoms with Crippen molar-refractivity contribution in [3.63, 3.8) is 0 Å². The van der Waals surface area contributed by atoms with Gasteiger partial charge in [-0.05, 0) is 45.8 Å². The zero-order valence-electron chi connectivity index (χ0n) is 13.8. The van der Waals surface area contributed by atoms with Crippen molar-refractivity contribution in [2.45, 2.75) is 12.9 Å². The van der Waals surface area contributed by atoms with E-state index in [4.69, 9.17) is 0 Å². The number of ether oxygens (including phenoxy) is 1. The van der Waals surface area contributed by atoms with Gasteiger partial charge in [-0.25, -0.2) is 17.7 Å². The smallest absolute Gasteiger partial charge is 0.406 e. The van der Waals surface area contributed by atoms with Crippen LogP contribution in [0, 0.1) is 0 Å². The highest BCUT2D eigenvalue weighted by molar-refractivity contribution is 9.10. The zero-order chi connectivity index (χ0) is 19.8. The molecule has 6 nitrogen and oxygen atoms in total. The van der Waals surface area contributed by atoms with Crippen molar-refractivity contribution in [1.29, 1.82) is 0 Å². The molecule has 0 aliphatic carbocycles. The fourth-order valence-corrected chi connectivity index (χ4v) is 3.97. The van der Waals surface area contributed by atoms with Gasteiger partial charge in [0.15, 0.2) is 5.82 Å². The van der Waals surface area contributed by atoms with Crippen LogP contribution in [0.15, 0.2) is 53.3 Å². The second kappa shape index (κ2) is 7.04. The molecule has 27 heavy (non-hydrogen) atoms. The first-order valence-electron chi connectivity index (χ1n) is 7.49. The number of rotatable bonds is 5. The van der Waals surface area contributed by atoms with E-state index in [1.807, 2.05) is 0 Å². The minimum absolute atomic E-state index is 0.104.